The first kappa shape index (κ1) is 18.3. The summed E-state index contributed by atoms with van der Waals surface area (Å²) in [6.07, 6.45) is 5.80. The molecule has 2 N–H and O–H groups in total. The molecule has 3 amide bonds. The van der Waals surface area contributed by atoms with Crippen molar-refractivity contribution in [2.75, 3.05) is 13.1 Å². The molecule has 24 heavy (non-hydrogen) atoms. The second-order valence-electron chi connectivity index (χ2n) is 6.66. The van der Waals surface area contributed by atoms with Crippen LogP contribution in [0.3, 0.4) is 0 Å². The molecule has 0 aromatic heterocycles. The lowest BCUT2D eigenvalue weighted by molar-refractivity contribution is -0.129. The Hall–Kier alpha value is -2.04. The first-order valence-corrected chi connectivity index (χ1v) is 8.90. The van der Waals surface area contributed by atoms with Gasteiger partial charge in [-0.2, -0.15) is 0 Å². The van der Waals surface area contributed by atoms with Crippen molar-refractivity contribution in [1.29, 1.82) is 0 Å². The van der Waals surface area contributed by atoms with Crippen molar-refractivity contribution in [2.24, 2.45) is 0 Å². The number of carbonyl (C=O) groups excluding carboxylic acids is 2. The average Bonchev–Trinajstić information content (AvgIpc) is 2.55. The van der Waals surface area contributed by atoms with Gasteiger partial charge in [0.15, 0.2) is 0 Å². The molecule has 0 heterocycles. The molecule has 0 aliphatic heterocycles. The highest BCUT2D eigenvalue weighted by Gasteiger charge is 2.16. The lowest BCUT2D eigenvalue weighted by Gasteiger charge is -2.24. The number of amides is 3. The van der Waals surface area contributed by atoms with Crippen LogP contribution < -0.4 is 10.6 Å². The molecule has 5 heteroatoms. The summed E-state index contributed by atoms with van der Waals surface area (Å²) >= 11 is 0. The van der Waals surface area contributed by atoms with Crippen molar-refractivity contribution >= 4 is 11.9 Å². The van der Waals surface area contributed by atoms with Crippen LogP contribution in [0.2, 0.25) is 0 Å². The van der Waals surface area contributed by atoms with Crippen molar-refractivity contribution in [1.82, 2.24) is 15.5 Å². The second-order valence-corrected chi connectivity index (χ2v) is 6.66. The number of benzene rings is 1. The molecule has 0 spiro atoms. The van der Waals surface area contributed by atoms with E-state index in [0.717, 1.165) is 18.4 Å². The summed E-state index contributed by atoms with van der Waals surface area (Å²) in [5.41, 5.74) is 2.29. The quantitative estimate of drug-likeness (QED) is 0.842. The van der Waals surface area contributed by atoms with Gasteiger partial charge in [-0.05, 0) is 25.3 Å². The summed E-state index contributed by atoms with van der Waals surface area (Å²) in [5.74, 6) is 0.0194. The van der Waals surface area contributed by atoms with E-state index in [2.05, 4.69) is 16.7 Å². The Bertz CT molecular complexity index is 553. The van der Waals surface area contributed by atoms with Gasteiger partial charge in [-0.3, -0.25) is 4.79 Å². The zero-order chi connectivity index (χ0) is 17.4. The predicted molar refractivity (Wildman–Crippen MR) is 95.7 cm³/mol. The maximum absolute atomic E-state index is 11.9. The number of nitrogens with one attached hydrogen (secondary N) is 2. The third-order valence-electron chi connectivity index (χ3n) is 4.51. The molecular formula is C19H29N3O2. The fraction of sp³-hybridized carbons (Fsp3) is 0.579. The number of hydrogen-bond acceptors (Lipinski definition) is 2. The van der Waals surface area contributed by atoms with Crippen LogP contribution in [0, 0.1) is 6.92 Å². The van der Waals surface area contributed by atoms with Gasteiger partial charge in [-0.15, -0.1) is 0 Å². The van der Waals surface area contributed by atoms with Gasteiger partial charge in [0.2, 0.25) is 5.91 Å². The van der Waals surface area contributed by atoms with Gasteiger partial charge in [0, 0.05) is 32.6 Å². The van der Waals surface area contributed by atoms with Gasteiger partial charge < -0.3 is 15.5 Å². The van der Waals surface area contributed by atoms with E-state index >= 15 is 0 Å². The molecule has 0 radical (unpaired) electrons. The molecule has 0 atom stereocenters. The highest BCUT2D eigenvalue weighted by molar-refractivity contribution is 5.75. The first-order valence-electron chi connectivity index (χ1n) is 8.90. The zero-order valence-electron chi connectivity index (χ0n) is 14.8. The second kappa shape index (κ2) is 9.30. The maximum atomic E-state index is 11.9. The fourth-order valence-electron chi connectivity index (χ4n) is 3.17. The minimum atomic E-state index is -0.124. The SMILES string of the molecule is CC(=O)N(CCNC(=O)NC1CCCCC1)Cc1cccc(C)c1. The highest BCUT2D eigenvalue weighted by Crippen LogP contribution is 2.17. The summed E-state index contributed by atoms with van der Waals surface area (Å²) in [4.78, 5) is 25.5. The fourth-order valence-corrected chi connectivity index (χ4v) is 3.17. The van der Waals surface area contributed by atoms with Gasteiger partial charge in [-0.1, -0.05) is 49.1 Å². The standard InChI is InChI=1S/C19H29N3O2/c1-15-7-6-8-17(13-15)14-22(16(2)23)12-11-20-19(24)21-18-9-4-3-5-10-18/h6-8,13,18H,3-5,9-12,14H2,1-2H3,(H2,20,21,24). The number of rotatable bonds is 6. The van der Waals surface area contributed by atoms with Gasteiger partial charge in [0.1, 0.15) is 0 Å². The van der Waals surface area contributed by atoms with Crippen LogP contribution in [0.4, 0.5) is 4.79 Å². The molecule has 1 aliphatic rings. The van der Waals surface area contributed by atoms with E-state index in [1.54, 1.807) is 11.8 Å². The van der Waals surface area contributed by atoms with Crippen LogP contribution in [0.1, 0.15) is 50.2 Å². The van der Waals surface area contributed by atoms with Crippen LogP contribution >= 0.6 is 0 Å². The van der Waals surface area contributed by atoms with E-state index in [1.807, 2.05) is 25.1 Å². The molecule has 2 rings (SSSR count). The lowest BCUT2D eigenvalue weighted by Crippen LogP contribution is -2.45. The summed E-state index contributed by atoms with van der Waals surface area (Å²) in [6.45, 7) is 5.16. The molecule has 0 bridgehead atoms. The number of aryl methyl sites for hydroxylation is 1. The molecule has 1 aromatic carbocycles. The third kappa shape index (κ3) is 6.22. The van der Waals surface area contributed by atoms with Gasteiger partial charge in [-0.25, -0.2) is 4.79 Å². The molecule has 0 saturated heterocycles. The molecular weight excluding hydrogens is 302 g/mol. The average molecular weight is 331 g/mol. The van der Waals surface area contributed by atoms with Crippen molar-refractivity contribution in [3.63, 3.8) is 0 Å². The van der Waals surface area contributed by atoms with E-state index in [1.165, 1.54) is 24.8 Å². The summed E-state index contributed by atoms with van der Waals surface area (Å²) < 4.78 is 0. The van der Waals surface area contributed by atoms with Crippen molar-refractivity contribution in [2.45, 2.75) is 58.5 Å². The number of urea groups is 1. The first-order chi connectivity index (χ1) is 11.5. The lowest BCUT2D eigenvalue weighted by atomic mass is 9.96. The van der Waals surface area contributed by atoms with E-state index in [4.69, 9.17) is 0 Å². The van der Waals surface area contributed by atoms with Gasteiger partial charge >= 0.3 is 6.03 Å². The van der Waals surface area contributed by atoms with Crippen LogP contribution in [-0.2, 0) is 11.3 Å². The van der Waals surface area contributed by atoms with Crippen LogP contribution in [0.5, 0.6) is 0 Å². The Labute approximate surface area is 144 Å². The van der Waals surface area contributed by atoms with Crippen LogP contribution in [0.15, 0.2) is 24.3 Å². The highest BCUT2D eigenvalue weighted by atomic mass is 16.2. The van der Waals surface area contributed by atoms with Crippen LogP contribution in [0.25, 0.3) is 0 Å². The molecule has 1 aliphatic carbocycles. The van der Waals surface area contributed by atoms with E-state index in [9.17, 15) is 9.59 Å². The zero-order valence-corrected chi connectivity index (χ0v) is 14.8. The van der Waals surface area contributed by atoms with Gasteiger partial charge in [0.05, 0.1) is 0 Å². The summed E-state index contributed by atoms with van der Waals surface area (Å²) in [7, 11) is 0. The van der Waals surface area contributed by atoms with E-state index < -0.39 is 0 Å². The third-order valence-corrected chi connectivity index (χ3v) is 4.51. The van der Waals surface area contributed by atoms with Crippen molar-refractivity contribution in [3.05, 3.63) is 35.4 Å². The van der Waals surface area contributed by atoms with E-state index in [-0.39, 0.29) is 11.9 Å². The maximum Gasteiger partial charge on any atom is 0.315 e. The van der Waals surface area contributed by atoms with Crippen molar-refractivity contribution < 1.29 is 9.59 Å². The van der Waals surface area contributed by atoms with Gasteiger partial charge in [0.25, 0.3) is 0 Å². The Morgan fingerprint density at radius 3 is 2.62 bits per heavy atom. The largest absolute Gasteiger partial charge is 0.337 e. The smallest absolute Gasteiger partial charge is 0.315 e. The molecule has 132 valence electrons. The summed E-state index contributed by atoms with van der Waals surface area (Å²) in [5, 5.41) is 5.89. The number of carbonyl (C=O) groups is 2. The minimum absolute atomic E-state index is 0.0194. The molecule has 0 unspecified atom stereocenters. The molecule has 1 aromatic rings. The van der Waals surface area contributed by atoms with E-state index in [0.29, 0.717) is 25.7 Å². The number of hydrogen-bond donors (Lipinski definition) is 2. The Morgan fingerprint density at radius 1 is 1.21 bits per heavy atom. The Morgan fingerprint density at radius 2 is 1.96 bits per heavy atom. The normalized spacial score (nSPS) is 14.9. The van der Waals surface area contributed by atoms with Crippen molar-refractivity contribution in [3.8, 4) is 0 Å². The number of nitrogens with zero attached hydrogens (tertiary/aromatic N) is 1. The molecule has 1 fully saturated rings. The summed E-state index contributed by atoms with van der Waals surface area (Å²) in [6, 6.07) is 8.32. The molecule has 5 nitrogen and oxygen atoms in total. The van der Waals surface area contributed by atoms with Crippen LogP contribution in [-0.4, -0.2) is 36.0 Å². The monoisotopic (exact) mass is 331 g/mol. The topological polar surface area (TPSA) is 61.4 Å². The molecule has 1 saturated carbocycles. The predicted octanol–water partition coefficient (Wildman–Crippen LogP) is 2.98. The minimum Gasteiger partial charge on any atom is -0.337 e. The Kier molecular flexibility index (Phi) is 7.09. The Balaban J connectivity index is 1.74.